The normalized spacial score (nSPS) is 12.0. The maximum Gasteiger partial charge on any atom is 0.356 e. The van der Waals surface area contributed by atoms with E-state index >= 15 is 0 Å². The van der Waals surface area contributed by atoms with Crippen molar-refractivity contribution < 1.29 is 37.1 Å². The molecule has 13 heteroatoms. The van der Waals surface area contributed by atoms with E-state index in [1.165, 1.54) is 14.2 Å². The smallest absolute Gasteiger partial charge is 0.356 e. The van der Waals surface area contributed by atoms with Crippen molar-refractivity contribution in [2.45, 2.75) is 78.0 Å². The maximum absolute atomic E-state index is 14.3. The lowest BCUT2D eigenvalue weighted by Crippen LogP contribution is -2.34. The Kier molecular flexibility index (Phi) is 11.3. The number of sulfonamides is 1. The molecule has 0 amide bonds. The van der Waals surface area contributed by atoms with Crippen LogP contribution in [-0.4, -0.2) is 61.8 Å². The number of carbonyl (C=O) groups excluding carboxylic acids is 1. The van der Waals surface area contributed by atoms with Crippen LogP contribution in [0.2, 0.25) is 0 Å². The van der Waals surface area contributed by atoms with Crippen molar-refractivity contribution in [2.24, 2.45) is 0 Å². The van der Waals surface area contributed by atoms with Crippen LogP contribution in [0, 0.1) is 13.8 Å². The zero-order chi connectivity index (χ0) is 34.5. The van der Waals surface area contributed by atoms with E-state index in [-0.39, 0.29) is 42.0 Å². The van der Waals surface area contributed by atoms with Crippen molar-refractivity contribution in [3.8, 4) is 11.1 Å². The molecule has 0 radical (unpaired) electrons. The van der Waals surface area contributed by atoms with Crippen LogP contribution >= 0.6 is 0 Å². The minimum absolute atomic E-state index is 0.0604. The van der Waals surface area contributed by atoms with Gasteiger partial charge >= 0.3 is 5.97 Å². The summed E-state index contributed by atoms with van der Waals surface area (Å²) in [6, 6.07) is 12.4. The zero-order valence-corrected chi connectivity index (χ0v) is 29.1. The number of hydrogen-bond acceptors (Lipinski definition) is 10. The van der Waals surface area contributed by atoms with Crippen LogP contribution in [0.4, 0.5) is 5.82 Å². The van der Waals surface area contributed by atoms with Gasteiger partial charge in [-0.1, -0.05) is 48.5 Å². The molecule has 0 unspecified atom stereocenters. The molecule has 12 nitrogen and oxygen atoms in total. The quantitative estimate of drug-likeness (QED) is 0.127. The van der Waals surface area contributed by atoms with Gasteiger partial charge in [0.05, 0.1) is 18.6 Å². The van der Waals surface area contributed by atoms with Crippen LogP contribution in [0.1, 0.15) is 78.6 Å². The number of aryl methyl sites for hydroxylation is 2. The lowest BCUT2D eigenvalue weighted by molar-refractivity contribution is 0.0532. The molecular formula is C34H44N4O8S. The monoisotopic (exact) mass is 668 g/mol. The van der Waals surface area contributed by atoms with E-state index in [2.05, 4.69) is 10.1 Å². The third-order valence-electron chi connectivity index (χ3n) is 7.81. The average molecular weight is 669 g/mol. The third kappa shape index (κ3) is 7.43. The first-order valence-corrected chi connectivity index (χ1v) is 16.9. The summed E-state index contributed by atoms with van der Waals surface area (Å²) in [6.07, 6.45) is 1.36. The van der Waals surface area contributed by atoms with Crippen LogP contribution in [-0.2, 0) is 49.4 Å². The Morgan fingerprint density at radius 2 is 1.81 bits per heavy atom. The van der Waals surface area contributed by atoms with E-state index in [4.69, 9.17) is 18.7 Å². The van der Waals surface area contributed by atoms with E-state index in [0.717, 1.165) is 21.9 Å². The molecule has 4 aromatic rings. The molecule has 0 aliphatic rings. The van der Waals surface area contributed by atoms with Crippen molar-refractivity contribution in [2.75, 3.05) is 31.9 Å². The molecule has 0 aliphatic carbocycles. The highest BCUT2D eigenvalue weighted by atomic mass is 32.2. The zero-order valence-electron chi connectivity index (χ0n) is 28.3. The molecule has 2 aromatic heterocycles. The summed E-state index contributed by atoms with van der Waals surface area (Å²) in [5, 5.41) is 14.9. The SMILES string of the molecule is CCCc1nc(C(C)(C)O)c(C(=O)OC)n1Cc1ccc(-c2ccccc2S(=O)(=O)N(COC)c2noc(C)c2C)c(COCC)c1. The molecule has 0 spiro atoms. The molecule has 0 bridgehead atoms. The highest BCUT2D eigenvalue weighted by Gasteiger charge is 2.34. The van der Waals surface area contributed by atoms with E-state index < -0.39 is 21.6 Å². The number of aliphatic hydroxyl groups is 1. The summed E-state index contributed by atoms with van der Waals surface area (Å²) in [7, 11) is -1.47. The van der Waals surface area contributed by atoms with Gasteiger partial charge in [0.2, 0.25) is 0 Å². The van der Waals surface area contributed by atoms with E-state index in [1.54, 1.807) is 56.5 Å². The summed E-state index contributed by atoms with van der Waals surface area (Å²) < 4.78 is 53.0. The first kappa shape index (κ1) is 35.8. The van der Waals surface area contributed by atoms with Gasteiger partial charge in [0.15, 0.2) is 11.5 Å². The highest BCUT2D eigenvalue weighted by molar-refractivity contribution is 7.93. The van der Waals surface area contributed by atoms with Gasteiger partial charge in [0.1, 0.15) is 29.6 Å². The molecule has 254 valence electrons. The molecule has 47 heavy (non-hydrogen) atoms. The fraction of sp³-hybridized carbons (Fsp3) is 0.441. The summed E-state index contributed by atoms with van der Waals surface area (Å²) in [5.74, 6) is 0.706. The van der Waals surface area contributed by atoms with E-state index in [0.29, 0.717) is 41.3 Å². The topological polar surface area (TPSA) is 146 Å². The number of rotatable bonds is 15. The number of carbonyl (C=O) groups is 1. The minimum atomic E-state index is -4.18. The van der Waals surface area contributed by atoms with Crippen molar-refractivity contribution >= 4 is 21.8 Å². The molecule has 0 fully saturated rings. The molecule has 4 rings (SSSR count). The van der Waals surface area contributed by atoms with Gasteiger partial charge < -0.3 is 28.4 Å². The van der Waals surface area contributed by atoms with E-state index in [1.807, 2.05) is 32.0 Å². The van der Waals surface area contributed by atoms with Gasteiger partial charge in [-0.15, -0.1) is 0 Å². The summed E-state index contributed by atoms with van der Waals surface area (Å²) in [5.41, 5.74) is 2.35. The molecule has 0 saturated heterocycles. The molecule has 2 heterocycles. The van der Waals surface area contributed by atoms with Crippen molar-refractivity contribution in [3.05, 3.63) is 82.1 Å². The number of hydrogen-bond donors (Lipinski definition) is 1. The Balaban J connectivity index is 1.86. The Morgan fingerprint density at radius 3 is 2.40 bits per heavy atom. The largest absolute Gasteiger partial charge is 0.464 e. The second kappa shape index (κ2) is 14.8. The van der Waals surface area contributed by atoms with E-state index in [9.17, 15) is 18.3 Å². The predicted molar refractivity (Wildman–Crippen MR) is 177 cm³/mol. The van der Waals surface area contributed by atoms with Crippen LogP contribution in [0.15, 0.2) is 51.9 Å². The second-order valence-electron chi connectivity index (χ2n) is 11.7. The standard InChI is InChI=1S/C34H44N4O8S/c1-9-13-29-35-31(34(5,6)40)30(33(39)44-8)37(29)19-24-16-17-26(25(18-24)20-45-10-2)27-14-11-12-15-28(27)47(41,42)38(21-43-7)32-22(3)23(4)46-36-32/h11-12,14-18,40H,9-10,13,19-21H2,1-8H3. The van der Waals surface area contributed by atoms with Crippen LogP contribution in [0.5, 0.6) is 0 Å². The Bertz CT molecular complexity index is 1820. The molecule has 0 atom stereocenters. The van der Waals surface area contributed by atoms with Crippen LogP contribution in [0.3, 0.4) is 0 Å². The van der Waals surface area contributed by atoms with Gasteiger partial charge in [0, 0.05) is 37.8 Å². The molecule has 0 saturated carbocycles. The van der Waals surface area contributed by atoms with Crippen molar-refractivity contribution in [1.29, 1.82) is 0 Å². The molecule has 1 N–H and O–H groups in total. The maximum atomic E-state index is 14.3. The lowest BCUT2D eigenvalue weighted by atomic mass is 9.97. The number of nitrogens with zero attached hydrogens (tertiary/aromatic N) is 4. The number of ether oxygens (including phenoxy) is 3. The molecule has 0 aliphatic heterocycles. The molecular weight excluding hydrogens is 624 g/mol. The number of imidazole rings is 1. The number of benzene rings is 2. The van der Waals surface area contributed by atoms with Gasteiger partial charge in [0.25, 0.3) is 10.0 Å². The van der Waals surface area contributed by atoms with Gasteiger partial charge in [-0.05, 0) is 63.8 Å². The van der Waals surface area contributed by atoms with Gasteiger partial charge in [-0.2, -0.15) is 0 Å². The number of esters is 1. The predicted octanol–water partition coefficient (Wildman–Crippen LogP) is 5.51. The minimum Gasteiger partial charge on any atom is -0.464 e. The summed E-state index contributed by atoms with van der Waals surface area (Å²) in [4.78, 5) is 17.8. The number of anilines is 1. The lowest BCUT2D eigenvalue weighted by Gasteiger charge is -2.23. The van der Waals surface area contributed by atoms with Gasteiger partial charge in [-0.25, -0.2) is 22.5 Å². The second-order valence-corrected chi connectivity index (χ2v) is 13.5. The highest BCUT2D eigenvalue weighted by Crippen LogP contribution is 2.36. The average Bonchev–Trinajstić information content (AvgIpc) is 3.57. The Morgan fingerprint density at radius 1 is 1.09 bits per heavy atom. The molecule has 2 aromatic carbocycles. The van der Waals surface area contributed by atoms with Crippen LogP contribution in [0.25, 0.3) is 11.1 Å². The Hall–Kier alpha value is -4.04. The van der Waals surface area contributed by atoms with Gasteiger partial charge in [-0.3, -0.25) is 0 Å². The fourth-order valence-electron chi connectivity index (χ4n) is 5.37. The number of aromatic nitrogens is 3. The first-order chi connectivity index (χ1) is 22.3. The summed E-state index contributed by atoms with van der Waals surface area (Å²) in [6.45, 7) is 11.2. The van der Waals surface area contributed by atoms with Crippen molar-refractivity contribution in [3.63, 3.8) is 0 Å². The first-order valence-electron chi connectivity index (χ1n) is 15.4. The van der Waals surface area contributed by atoms with Crippen LogP contribution < -0.4 is 4.31 Å². The fourth-order valence-corrected chi connectivity index (χ4v) is 6.96. The Labute approximate surface area is 276 Å². The number of methoxy groups -OCH3 is 2. The summed E-state index contributed by atoms with van der Waals surface area (Å²) >= 11 is 0. The third-order valence-corrected chi connectivity index (χ3v) is 9.58. The van der Waals surface area contributed by atoms with Crippen molar-refractivity contribution in [1.82, 2.24) is 14.7 Å².